The van der Waals surface area contributed by atoms with Crippen molar-refractivity contribution >= 4 is 7.82 Å². The summed E-state index contributed by atoms with van der Waals surface area (Å²) in [6, 6.07) is 0. The van der Waals surface area contributed by atoms with E-state index in [1.54, 1.807) is 0 Å². The molecule has 57 heavy (non-hydrogen) atoms. The summed E-state index contributed by atoms with van der Waals surface area (Å²) in [6.45, 7) is 0. The van der Waals surface area contributed by atoms with Crippen LogP contribution in [-0.4, -0.2) is 5.48 Å². The summed E-state index contributed by atoms with van der Waals surface area (Å²) >= 11 is -98.5. The van der Waals surface area contributed by atoms with Crippen molar-refractivity contribution in [3.63, 3.8) is 0 Å². The molecule has 352 valence electrons. The number of quaternary nitrogens is 3. The number of rotatable bonds is 24. The standard InChI is InChI=1S/12Mo.3H3N.H3O4P.H2O.36O/c;;;;;;;;;;;;;;;1-5(2,3)4;;;;;;;;;;;;;;;;;;;;;;;;;;;;;;;;;;;;;/h;;;;;;;;;;;;3*1H3;(H3,1,2,3,4);1H2;;;;;;;;;;;;;;;;;;;;;;;;;;;;;;;;;;;;/q;;;;;;;;;3*+1;;;;;;;;;;;;;;;;;;;;;;;;;;;;;;;;;;;;;;;3*-1. The van der Waals surface area contributed by atoms with Crippen LogP contribution in [0.4, 0.5) is 0 Å². The van der Waals surface area contributed by atoms with Gasteiger partial charge in [-0.05, 0) is 0 Å². The monoisotopic (exact) mass is 1920 g/mol. The second kappa shape index (κ2) is 22.9. The third-order valence-corrected chi connectivity index (χ3v) is 62.2. The summed E-state index contributed by atoms with van der Waals surface area (Å²) in [5.74, 6) is 0. The predicted molar refractivity (Wildman–Crippen MR) is 58.7 cm³/mol. The molecule has 0 radical (unpaired) electrons. The zero-order valence-electron chi connectivity index (χ0n) is 25.2. The van der Waals surface area contributed by atoms with Crippen molar-refractivity contribution in [2.24, 2.45) is 0 Å². The molecule has 0 saturated carbocycles. The Morgan fingerprint density at radius 3 is 0.526 bits per heavy atom. The first kappa shape index (κ1) is 69.0. The van der Waals surface area contributed by atoms with Crippen LogP contribution in [-0.2, 0) is 315 Å². The van der Waals surface area contributed by atoms with Crippen LogP contribution in [0.2, 0.25) is 0 Å². The summed E-state index contributed by atoms with van der Waals surface area (Å²) in [7, 11) is -7.94. The molecule has 0 bridgehead atoms. The van der Waals surface area contributed by atoms with Gasteiger partial charge >= 0.3 is 334 Å². The van der Waals surface area contributed by atoms with E-state index in [0.29, 0.717) is 0 Å². The first-order valence-corrected chi connectivity index (χ1v) is 49.5. The van der Waals surface area contributed by atoms with Crippen LogP contribution in [0, 0.1) is 0 Å². The minimum atomic E-state index is -8.82. The fourth-order valence-electron chi connectivity index (χ4n) is 1.40. The van der Waals surface area contributed by atoms with Gasteiger partial charge in [0.25, 0.3) is 0 Å². The van der Waals surface area contributed by atoms with E-state index in [9.17, 15) is 97.4 Å². The van der Waals surface area contributed by atoms with Crippen LogP contribution >= 0.6 is 7.82 Å². The molecule has 0 heterocycles. The SMILES string of the molecule is O.O=P([O][Mo](=[O])(=[O])[O][Mo](=[O])(=[O])[O][Mo](=[O])(=[O])[O][Mo](=[O])(=[O])[O-])([O][Mo](=[O])(=[O])[O][Mo](=[O])(=[O])[O][Mo](=[O])(=[O])[O][Mo](=[O])(=[O])[O-])[O][Mo](=[O])(=[O])[O][Mo](=[O])(=[O])[O][Mo](=[O])(=[O])[O][Mo](=[O])(=[O])[O-].[NH4+].[NH4+].[NH4+]. The van der Waals surface area contributed by atoms with Crippen molar-refractivity contribution in [2.45, 2.75) is 0 Å². The molecular weight excluding hydrogens is 1880 g/mol. The van der Waals surface area contributed by atoms with Crippen molar-refractivity contribution < 1.29 is 332 Å². The average Bonchev–Trinajstić information content (AvgIpc) is 2.58. The first-order valence-electron chi connectivity index (χ1n) is 8.73. The van der Waals surface area contributed by atoms with Gasteiger partial charge in [0.1, 0.15) is 0 Å². The van der Waals surface area contributed by atoms with E-state index in [0.717, 1.165) is 0 Å². The van der Waals surface area contributed by atoms with Gasteiger partial charge in [-0.3, -0.25) is 0 Å². The van der Waals surface area contributed by atoms with E-state index in [2.05, 4.69) is 27.9 Å². The molecule has 0 aliphatic carbocycles. The Bertz CT molecular complexity index is 2520. The van der Waals surface area contributed by atoms with E-state index < -0.39 is 209 Å². The molecule has 0 aromatic carbocycles. The maximum Gasteiger partial charge on any atom is -0.369 e. The van der Waals surface area contributed by atoms with Crippen LogP contribution in [0.1, 0.15) is 0 Å². The van der Waals surface area contributed by atoms with Crippen molar-refractivity contribution in [1.29, 1.82) is 0 Å². The topological polar surface area (TPSA) is 748 Å². The smallest absolute Gasteiger partial charge is 0.369 e. The fourth-order valence-corrected chi connectivity index (χ4v) is 60.0. The van der Waals surface area contributed by atoms with Gasteiger partial charge in [-0.1, -0.05) is 0 Å². The third-order valence-electron chi connectivity index (χ3n) is 2.05. The van der Waals surface area contributed by atoms with Gasteiger partial charge in [-0.2, -0.15) is 0 Å². The second-order valence-corrected chi connectivity index (χ2v) is 55.7. The molecule has 0 aromatic heterocycles. The third kappa shape index (κ3) is 34.0. The van der Waals surface area contributed by atoms with E-state index in [4.69, 9.17) is 0 Å². The second-order valence-electron chi connectivity index (χ2n) is 6.18. The minimum absolute atomic E-state index is 0. The molecule has 0 aromatic rings. The van der Waals surface area contributed by atoms with Crippen molar-refractivity contribution in [3.05, 3.63) is 0 Å². The molecule has 0 saturated heterocycles. The fraction of sp³-hybridized carbons (Fsp3) is 0. The van der Waals surface area contributed by atoms with Gasteiger partial charge in [0.2, 0.25) is 0 Å². The molecule has 0 rings (SSSR count). The summed E-state index contributed by atoms with van der Waals surface area (Å²) in [5, 5.41) is 0. The Kier molecular flexibility index (Phi) is 27.7. The molecule has 0 amide bonds. The van der Waals surface area contributed by atoms with Gasteiger partial charge in [0.15, 0.2) is 0 Å². The number of hydrogen-bond acceptors (Lipinski definition) is 40. The molecular formula is H14Mo12N3O41P. The zero-order chi connectivity index (χ0) is 43.0. The van der Waals surface area contributed by atoms with Gasteiger partial charge in [0, 0.05) is 0 Å². The summed E-state index contributed by atoms with van der Waals surface area (Å²) in [5.41, 5.74) is 0. The summed E-state index contributed by atoms with van der Waals surface area (Å²) < 4.78 is 351. The quantitative estimate of drug-likeness (QED) is 0.0598. The van der Waals surface area contributed by atoms with Crippen LogP contribution in [0.25, 0.3) is 0 Å². The molecule has 0 spiro atoms. The van der Waals surface area contributed by atoms with Crippen LogP contribution in [0.15, 0.2) is 0 Å². The molecule has 0 fully saturated rings. The molecule has 0 aliphatic heterocycles. The Hall–Kier alpha value is 2.93. The Morgan fingerprint density at radius 1 is 0.263 bits per heavy atom. The van der Waals surface area contributed by atoms with Crippen molar-refractivity contribution in [1.82, 2.24) is 18.5 Å². The molecule has 44 nitrogen and oxygen atoms in total. The minimum Gasteiger partial charge on any atom is -0.369 e. The van der Waals surface area contributed by atoms with Crippen LogP contribution in [0.5, 0.6) is 0 Å². The maximum atomic E-state index is 12.7. The Morgan fingerprint density at radius 2 is 0.386 bits per heavy atom. The Balaban J connectivity index is -0.00000225. The van der Waals surface area contributed by atoms with Crippen molar-refractivity contribution in [3.8, 4) is 0 Å². The van der Waals surface area contributed by atoms with Crippen molar-refractivity contribution in [2.75, 3.05) is 0 Å². The molecule has 0 unspecified atom stereocenters. The van der Waals surface area contributed by atoms with Gasteiger partial charge < -0.3 is 23.9 Å². The van der Waals surface area contributed by atoms with E-state index in [1.807, 2.05) is 0 Å². The van der Waals surface area contributed by atoms with E-state index >= 15 is 0 Å². The summed E-state index contributed by atoms with van der Waals surface area (Å²) in [4.78, 5) is 0. The summed E-state index contributed by atoms with van der Waals surface area (Å²) in [6.07, 6.45) is 0. The molecule has 0 aliphatic rings. The average molecular weight is 1890 g/mol. The van der Waals surface area contributed by atoms with E-state index in [1.165, 1.54) is 0 Å². The van der Waals surface area contributed by atoms with Gasteiger partial charge in [-0.25, -0.2) is 0 Å². The van der Waals surface area contributed by atoms with Gasteiger partial charge in [-0.15, -0.1) is 0 Å². The van der Waals surface area contributed by atoms with Crippen LogP contribution in [0.3, 0.4) is 0 Å². The zero-order valence-corrected chi connectivity index (χ0v) is 50.2. The number of hydrogen-bond donors (Lipinski definition) is 3. The number of phosphoric acid groups is 1. The predicted octanol–water partition coefficient (Wildman–Crippen LogP) is -6.22. The van der Waals surface area contributed by atoms with Gasteiger partial charge in [0.05, 0.1) is 0 Å². The first-order chi connectivity index (χ1) is 22.5. The van der Waals surface area contributed by atoms with E-state index in [-0.39, 0.29) is 23.9 Å². The molecule has 0 atom stereocenters. The molecule has 14 N–H and O–H groups in total. The molecule has 57 heteroatoms. The Labute approximate surface area is 351 Å². The van der Waals surface area contributed by atoms with Crippen LogP contribution < -0.4 is 29.7 Å². The maximum absolute atomic E-state index is 12.7. The normalized spacial score (nSPS) is 14.5. The largest absolute Gasteiger partial charge is 0.369 e.